The largest absolute Gasteiger partial charge is 0.494 e. The van der Waals surface area contributed by atoms with Gasteiger partial charge in [-0.1, -0.05) is 24.3 Å². The molecule has 2 atom stereocenters. The Bertz CT molecular complexity index is 621. The molecule has 0 fully saturated rings. The van der Waals surface area contributed by atoms with E-state index < -0.39 is 0 Å². The highest BCUT2D eigenvalue weighted by atomic mass is 32.2. The first-order valence-corrected chi connectivity index (χ1v) is 7.86. The van der Waals surface area contributed by atoms with Crippen molar-refractivity contribution in [1.82, 2.24) is 5.32 Å². The maximum Gasteiger partial charge on any atom is 0.165 e. The number of fused-ring (bicyclic) bond motifs is 1. The van der Waals surface area contributed by atoms with Gasteiger partial charge < -0.3 is 10.1 Å². The van der Waals surface area contributed by atoms with E-state index in [1.54, 1.807) is 12.1 Å². The molecular weight excluding hydrogens is 285 g/mol. The number of thioether (sulfide) groups is 1. The standard InChI is InChI=1S/C17H18FNOS/c1-19-17(12-7-8-14(20-2)13(18)9-12)16-10-11-5-3-4-6-15(11)21-16/h3-9,16-17,19H,10H2,1-2H3. The predicted molar refractivity (Wildman–Crippen MR) is 84.5 cm³/mol. The molecule has 0 saturated carbocycles. The number of methoxy groups -OCH3 is 1. The molecule has 3 rings (SSSR count). The van der Waals surface area contributed by atoms with Crippen molar-refractivity contribution in [2.24, 2.45) is 0 Å². The van der Waals surface area contributed by atoms with Crippen LogP contribution in [0.2, 0.25) is 0 Å². The van der Waals surface area contributed by atoms with Crippen molar-refractivity contribution >= 4 is 11.8 Å². The summed E-state index contributed by atoms with van der Waals surface area (Å²) in [6, 6.07) is 13.8. The summed E-state index contributed by atoms with van der Waals surface area (Å²) in [5, 5.41) is 3.71. The summed E-state index contributed by atoms with van der Waals surface area (Å²) < 4.78 is 18.9. The van der Waals surface area contributed by atoms with Gasteiger partial charge in [-0.3, -0.25) is 0 Å². The lowest BCUT2D eigenvalue weighted by atomic mass is 9.98. The number of ether oxygens (including phenoxy) is 1. The second kappa shape index (κ2) is 6.08. The zero-order valence-corrected chi connectivity index (χ0v) is 12.9. The molecule has 2 unspecified atom stereocenters. The highest BCUT2D eigenvalue weighted by Gasteiger charge is 2.29. The van der Waals surface area contributed by atoms with Crippen LogP contribution in [0.3, 0.4) is 0 Å². The molecule has 0 bridgehead atoms. The predicted octanol–water partition coefficient (Wildman–Crippen LogP) is 3.81. The van der Waals surface area contributed by atoms with Gasteiger partial charge in [0.15, 0.2) is 11.6 Å². The van der Waals surface area contributed by atoms with E-state index in [-0.39, 0.29) is 17.6 Å². The van der Waals surface area contributed by atoms with Crippen LogP contribution in [0.15, 0.2) is 47.4 Å². The van der Waals surface area contributed by atoms with Gasteiger partial charge in [-0.15, -0.1) is 11.8 Å². The summed E-state index contributed by atoms with van der Waals surface area (Å²) in [6.07, 6.45) is 1.000. The molecule has 1 N–H and O–H groups in total. The van der Waals surface area contributed by atoms with E-state index in [0.717, 1.165) is 12.0 Å². The Morgan fingerprint density at radius 1 is 1.29 bits per heavy atom. The summed E-state index contributed by atoms with van der Waals surface area (Å²) >= 11 is 1.86. The molecule has 2 aromatic carbocycles. The molecule has 2 aromatic rings. The molecule has 0 radical (unpaired) electrons. The molecule has 0 saturated heterocycles. The number of halogens is 1. The molecule has 1 aliphatic heterocycles. The second-order valence-corrected chi connectivity index (χ2v) is 6.41. The Kier molecular flexibility index (Phi) is 4.17. The Morgan fingerprint density at radius 2 is 2.10 bits per heavy atom. The molecule has 0 spiro atoms. The summed E-state index contributed by atoms with van der Waals surface area (Å²) in [5.41, 5.74) is 2.34. The van der Waals surface area contributed by atoms with E-state index >= 15 is 0 Å². The fraction of sp³-hybridized carbons (Fsp3) is 0.294. The zero-order valence-electron chi connectivity index (χ0n) is 12.1. The fourth-order valence-corrected chi connectivity index (χ4v) is 4.32. The van der Waals surface area contributed by atoms with Gasteiger partial charge in [0.05, 0.1) is 7.11 Å². The van der Waals surface area contributed by atoms with Crippen LogP contribution in [-0.4, -0.2) is 19.4 Å². The molecular formula is C17H18FNOS. The monoisotopic (exact) mass is 303 g/mol. The molecule has 1 aliphatic rings. The molecule has 110 valence electrons. The smallest absolute Gasteiger partial charge is 0.165 e. The number of nitrogens with one attached hydrogen (secondary N) is 1. The van der Waals surface area contributed by atoms with Gasteiger partial charge >= 0.3 is 0 Å². The van der Waals surface area contributed by atoms with Crippen LogP contribution >= 0.6 is 11.8 Å². The van der Waals surface area contributed by atoms with Gasteiger partial charge in [0.25, 0.3) is 0 Å². The van der Waals surface area contributed by atoms with E-state index in [2.05, 4.69) is 29.6 Å². The van der Waals surface area contributed by atoms with Gasteiger partial charge in [-0.05, 0) is 42.8 Å². The first-order chi connectivity index (χ1) is 10.2. The van der Waals surface area contributed by atoms with Crippen LogP contribution in [0.1, 0.15) is 17.2 Å². The minimum atomic E-state index is -0.309. The van der Waals surface area contributed by atoms with Crippen molar-refractivity contribution in [2.45, 2.75) is 22.6 Å². The third-order valence-electron chi connectivity index (χ3n) is 3.89. The molecule has 0 amide bonds. The van der Waals surface area contributed by atoms with Gasteiger partial charge in [0.1, 0.15) is 0 Å². The topological polar surface area (TPSA) is 21.3 Å². The van der Waals surface area contributed by atoms with E-state index in [1.807, 2.05) is 24.9 Å². The lowest BCUT2D eigenvalue weighted by molar-refractivity contribution is 0.385. The average Bonchev–Trinajstić information content (AvgIpc) is 2.91. The van der Waals surface area contributed by atoms with Gasteiger partial charge in [0, 0.05) is 16.2 Å². The minimum absolute atomic E-state index is 0.114. The van der Waals surface area contributed by atoms with Crippen LogP contribution in [0.4, 0.5) is 4.39 Å². The maximum atomic E-state index is 13.9. The van der Waals surface area contributed by atoms with Crippen molar-refractivity contribution in [1.29, 1.82) is 0 Å². The van der Waals surface area contributed by atoms with E-state index in [1.165, 1.54) is 17.6 Å². The molecule has 0 aliphatic carbocycles. The highest BCUT2D eigenvalue weighted by Crippen LogP contribution is 2.42. The molecule has 1 heterocycles. The average molecular weight is 303 g/mol. The quantitative estimate of drug-likeness (QED) is 0.928. The first kappa shape index (κ1) is 14.4. The van der Waals surface area contributed by atoms with Crippen molar-refractivity contribution in [3.05, 3.63) is 59.4 Å². The van der Waals surface area contributed by atoms with Crippen LogP contribution in [-0.2, 0) is 6.42 Å². The summed E-state index contributed by atoms with van der Waals surface area (Å²) in [5.74, 6) is -0.0216. The van der Waals surface area contributed by atoms with E-state index in [4.69, 9.17) is 4.74 Å². The fourth-order valence-electron chi connectivity index (χ4n) is 2.84. The molecule has 2 nitrogen and oxygen atoms in total. The molecule has 21 heavy (non-hydrogen) atoms. The van der Waals surface area contributed by atoms with Crippen molar-refractivity contribution in [2.75, 3.05) is 14.2 Å². The van der Waals surface area contributed by atoms with Crippen LogP contribution in [0.5, 0.6) is 5.75 Å². The minimum Gasteiger partial charge on any atom is -0.494 e. The van der Waals surface area contributed by atoms with Gasteiger partial charge in [0.2, 0.25) is 0 Å². The highest BCUT2D eigenvalue weighted by molar-refractivity contribution is 8.00. The Balaban J connectivity index is 1.85. The van der Waals surface area contributed by atoms with Crippen molar-refractivity contribution in [3.8, 4) is 5.75 Å². The summed E-state index contributed by atoms with van der Waals surface area (Å²) in [6.45, 7) is 0. The van der Waals surface area contributed by atoms with Crippen molar-refractivity contribution in [3.63, 3.8) is 0 Å². The first-order valence-electron chi connectivity index (χ1n) is 6.98. The summed E-state index contributed by atoms with van der Waals surface area (Å²) in [4.78, 5) is 1.33. The number of benzene rings is 2. The Labute approximate surface area is 128 Å². The van der Waals surface area contributed by atoms with Gasteiger partial charge in [-0.2, -0.15) is 0 Å². The third kappa shape index (κ3) is 2.78. The van der Waals surface area contributed by atoms with E-state index in [0.29, 0.717) is 5.25 Å². The lowest BCUT2D eigenvalue weighted by Crippen LogP contribution is -2.27. The van der Waals surface area contributed by atoms with E-state index in [9.17, 15) is 4.39 Å². The normalized spacial score (nSPS) is 18.3. The lowest BCUT2D eigenvalue weighted by Gasteiger charge is -2.23. The number of hydrogen-bond donors (Lipinski definition) is 1. The van der Waals surface area contributed by atoms with Crippen LogP contribution in [0.25, 0.3) is 0 Å². The zero-order chi connectivity index (χ0) is 14.8. The van der Waals surface area contributed by atoms with Crippen LogP contribution in [0, 0.1) is 5.82 Å². The summed E-state index contributed by atoms with van der Waals surface area (Å²) in [7, 11) is 3.41. The van der Waals surface area contributed by atoms with Crippen molar-refractivity contribution < 1.29 is 9.13 Å². The number of hydrogen-bond acceptors (Lipinski definition) is 3. The maximum absolute atomic E-state index is 13.9. The molecule has 0 aromatic heterocycles. The third-order valence-corrected chi connectivity index (χ3v) is 5.28. The SMILES string of the molecule is CNC(c1ccc(OC)c(F)c1)C1Cc2ccccc2S1. The molecule has 4 heteroatoms. The van der Waals surface area contributed by atoms with Crippen LogP contribution < -0.4 is 10.1 Å². The van der Waals surface area contributed by atoms with Gasteiger partial charge in [-0.25, -0.2) is 4.39 Å². The second-order valence-electron chi connectivity index (χ2n) is 5.13. The number of rotatable bonds is 4. The Hall–Kier alpha value is -1.52. The Morgan fingerprint density at radius 3 is 2.76 bits per heavy atom.